The van der Waals surface area contributed by atoms with E-state index in [1.165, 1.54) is 0 Å². The van der Waals surface area contributed by atoms with E-state index in [0.29, 0.717) is 5.82 Å². The van der Waals surface area contributed by atoms with Gasteiger partial charge in [-0.05, 0) is 25.8 Å². The standard InChI is InChI=1S/C11H17N5O/c1-8(10(17)16-6-2-3-7-16)14-9-4-5-13-11(12)15-9/h4-5,8H,2-3,6-7H2,1H3,(H3,12,13,14,15). The zero-order chi connectivity index (χ0) is 12.3. The highest BCUT2D eigenvalue weighted by Crippen LogP contribution is 2.11. The number of likely N-dealkylation sites (tertiary alicyclic amines) is 1. The largest absolute Gasteiger partial charge is 0.368 e. The Morgan fingerprint density at radius 2 is 2.24 bits per heavy atom. The molecule has 92 valence electrons. The zero-order valence-electron chi connectivity index (χ0n) is 9.89. The predicted molar refractivity (Wildman–Crippen MR) is 65.3 cm³/mol. The number of nitrogens with zero attached hydrogens (tertiary/aromatic N) is 3. The lowest BCUT2D eigenvalue weighted by Gasteiger charge is -2.21. The number of rotatable bonds is 3. The third kappa shape index (κ3) is 2.83. The van der Waals surface area contributed by atoms with Gasteiger partial charge in [-0.15, -0.1) is 0 Å². The molecular weight excluding hydrogens is 218 g/mol. The Bertz CT molecular complexity index is 403. The van der Waals surface area contributed by atoms with Crippen molar-refractivity contribution in [1.29, 1.82) is 0 Å². The SMILES string of the molecule is CC(Nc1ccnc(N)n1)C(=O)N1CCCC1. The number of carbonyl (C=O) groups is 1. The van der Waals surface area contributed by atoms with Crippen LogP contribution >= 0.6 is 0 Å². The molecule has 17 heavy (non-hydrogen) atoms. The first-order valence-electron chi connectivity index (χ1n) is 5.80. The molecule has 6 heteroatoms. The van der Waals surface area contributed by atoms with Crippen molar-refractivity contribution in [2.24, 2.45) is 0 Å². The summed E-state index contributed by atoms with van der Waals surface area (Å²) in [6.45, 7) is 3.55. The van der Waals surface area contributed by atoms with Crippen molar-refractivity contribution in [1.82, 2.24) is 14.9 Å². The van der Waals surface area contributed by atoms with Gasteiger partial charge in [0.15, 0.2) is 0 Å². The average Bonchev–Trinajstić information content (AvgIpc) is 2.81. The highest BCUT2D eigenvalue weighted by Gasteiger charge is 2.23. The molecule has 1 aromatic rings. The molecule has 0 spiro atoms. The van der Waals surface area contributed by atoms with Crippen LogP contribution in [0.2, 0.25) is 0 Å². The maximum atomic E-state index is 12.0. The number of nitrogens with two attached hydrogens (primary N) is 1. The van der Waals surface area contributed by atoms with Crippen LogP contribution in [0.25, 0.3) is 0 Å². The van der Waals surface area contributed by atoms with E-state index in [2.05, 4.69) is 15.3 Å². The van der Waals surface area contributed by atoms with Crippen LogP contribution in [0, 0.1) is 0 Å². The summed E-state index contributed by atoms with van der Waals surface area (Å²) in [5, 5.41) is 3.04. The third-order valence-corrected chi connectivity index (χ3v) is 2.83. The van der Waals surface area contributed by atoms with Crippen molar-refractivity contribution >= 4 is 17.7 Å². The number of aromatic nitrogens is 2. The Kier molecular flexibility index (Phi) is 3.41. The lowest BCUT2D eigenvalue weighted by molar-refractivity contribution is -0.130. The van der Waals surface area contributed by atoms with Gasteiger partial charge in [-0.1, -0.05) is 0 Å². The van der Waals surface area contributed by atoms with Crippen molar-refractivity contribution in [2.45, 2.75) is 25.8 Å². The van der Waals surface area contributed by atoms with Gasteiger partial charge < -0.3 is 16.0 Å². The Labute approximate surface area is 100 Å². The van der Waals surface area contributed by atoms with E-state index in [1.807, 2.05) is 11.8 Å². The summed E-state index contributed by atoms with van der Waals surface area (Å²) in [5.74, 6) is 0.896. The molecule has 1 saturated heterocycles. The number of amides is 1. The molecule has 1 fully saturated rings. The fraction of sp³-hybridized carbons (Fsp3) is 0.545. The summed E-state index contributed by atoms with van der Waals surface area (Å²) in [4.78, 5) is 21.7. The fourth-order valence-corrected chi connectivity index (χ4v) is 1.95. The summed E-state index contributed by atoms with van der Waals surface area (Å²) in [6.07, 6.45) is 3.76. The smallest absolute Gasteiger partial charge is 0.244 e. The number of nitrogens with one attached hydrogen (secondary N) is 1. The van der Waals surface area contributed by atoms with Crippen LogP contribution in [0.15, 0.2) is 12.3 Å². The number of hydrogen-bond donors (Lipinski definition) is 2. The van der Waals surface area contributed by atoms with E-state index in [9.17, 15) is 4.79 Å². The van der Waals surface area contributed by atoms with Crippen LogP contribution in [0.5, 0.6) is 0 Å². The van der Waals surface area contributed by atoms with E-state index in [0.717, 1.165) is 25.9 Å². The Hall–Kier alpha value is -1.85. The lowest BCUT2D eigenvalue weighted by atomic mass is 10.3. The molecule has 0 bridgehead atoms. The van der Waals surface area contributed by atoms with E-state index in [1.54, 1.807) is 12.3 Å². The van der Waals surface area contributed by atoms with Crippen LogP contribution in [0.3, 0.4) is 0 Å². The monoisotopic (exact) mass is 235 g/mol. The lowest BCUT2D eigenvalue weighted by Crippen LogP contribution is -2.39. The summed E-state index contributed by atoms with van der Waals surface area (Å²) < 4.78 is 0. The van der Waals surface area contributed by atoms with E-state index >= 15 is 0 Å². The molecule has 1 aliphatic rings. The summed E-state index contributed by atoms with van der Waals surface area (Å²) in [7, 11) is 0. The Balaban J connectivity index is 1.96. The molecule has 2 rings (SSSR count). The average molecular weight is 235 g/mol. The van der Waals surface area contributed by atoms with Crippen LogP contribution in [-0.4, -0.2) is 39.9 Å². The predicted octanol–water partition coefficient (Wildman–Crippen LogP) is 0.482. The Morgan fingerprint density at radius 3 is 2.88 bits per heavy atom. The van der Waals surface area contributed by atoms with Gasteiger partial charge in [0.2, 0.25) is 11.9 Å². The number of nitrogen functional groups attached to an aromatic ring is 1. The molecule has 1 atom stereocenters. The molecule has 1 aromatic heterocycles. The molecule has 1 aliphatic heterocycles. The minimum Gasteiger partial charge on any atom is -0.368 e. The first-order chi connectivity index (χ1) is 8.16. The summed E-state index contributed by atoms with van der Waals surface area (Å²) in [5.41, 5.74) is 5.48. The van der Waals surface area contributed by atoms with Crippen molar-refractivity contribution in [2.75, 3.05) is 24.1 Å². The van der Waals surface area contributed by atoms with Gasteiger partial charge in [0.1, 0.15) is 11.9 Å². The molecule has 0 radical (unpaired) electrons. The molecule has 2 heterocycles. The van der Waals surface area contributed by atoms with Gasteiger partial charge in [-0.25, -0.2) is 4.98 Å². The van der Waals surface area contributed by atoms with Crippen molar-refractivity contribution in [3.8, 4) is 0 Å². The minimum absolute atomic E-state index is 0.111. The molecule has 0 aromatic carbocycles. The van der Waals surface area contributed by atoms with E-state index < -0.39 is 0 Å². The minimum atomic E-state index is -0.289. The summed E-state index contributed by atoms with van der Waals surface area (Å²) in [6, 6.07) is 1.41. The normalized spacial score (nSPS) is 16.9. The van der Waals surface area contributed by atoms with Crippen molar-refractivity contribution in [3.05, 3.63) is 12.3 Å². The van der Waals surface area contributed by atoms with Crippen molar-refractivity contribution < 1.29 is 4.79 Å². The van der Waals surface area contributed by atoms with E-state index in [-0.39, 0.29) is 17.9 Å². The highest BCUT2D eigenvalue weighted by atomic mass is 16.2. The second kappa shape index (κ2) is 4.99. The molecular formula is C11H17N5O. The van der Waals surface area contributed by atoms with Gasteiger partial charge in [0, 0.05) is 19.3 Å². The van der Waals surface area contributed by atoms with Gasteiger partial charge in [0.05, 0.1) is 0 Å². The molecule has 3 N–H and O–H groups in total. The van der Waals surface area contributed by atoms with Gasteiger partial charge >= 0.3 is 0 Å². The maximum Gasteiger partial charge on any atom is 0.244 e. The first-order valence-corrected chi connectivity index (χ1v) is 5.80. The van der Waals surface area contributed by atoms with Gasteiger partial charge in [0.25, 0.3) is 0 Å². The number of anilines is 2. The van der Waals surface area contributed by atoms with Crippen LogP contribution < -0.4 is 11.1 Å². The fourth-order valence-electron chi connectivity index (χ4n) is 1.95. The Morgan fingerprint density at radius 1 is 1.53 bits per heavy atom. The maximum absolute atomic E-state index is 12.0. The highest BCUT2D eigenvalue weighted by molar-refractivity contribution is 5.84. The molecule has 6 nitrogen and oxygen atoms in total. The van der Waals surface area contributed by atoms with Gasteiger partial charge in [-0.2, -0.15) is 4.98 Å². The molecule has 0 saturated carbocycles. The second-order valence-corrected chi connectivity index (χ2v) is 4.20. The summed E-state index contributed by atoms with van der Waals surface area (Å²) >= 11 is 0. The zero-order valence-corrected chi connectivity index (χ0v) is 9.89. The van der Waals surface area contributed by atoms with Crippen LogP contribution in [-0.2, 0) is 4.79 Å². The molecule has 1 unspecified atom stereocenters. The topological polar surface area (TPSA) is 84.1 Å². The van der Waals surface area contributed by atoms with Crippen LogP contribution in [0.4, 0.5) is 11.8 Å². The molecule has 0 aliphatic carbocycles. The van der Waals surface area contributed by atoms with Gasteiger partial charge in [-0.3, -0.25) is 4.79 Å². The molecule has 1 amide bonds. The van der Waals surface area contributed by atoms with E-state index in [4.69, 9.17) is 5.73 Å². The number of carbonyl (C=O) groups excluding carboxylic acids is 1. The van der Waals surface area contributed by atoms with Crippen LogP contribution in [0.1, 0.15) is 19.8 Å². The third-order valence-electron chi connectivity index (χ3n) is 2.83. The number of hydrogen-bond acceptors (Lipinski definition) is 5. The quantitative estimate of drug-likeness (QED) is 0.796. The van der Waals surface area contributed by atoms with Crippen molar-refractivity contribution in [3.63, 3.8) is 0 Å². The second-order valence-electron chi connectivity index (χ2n) is 4.20. The first kappa shape index (κ1) is 11.6.